The van der Waals surface area contributed by atoms with E-state index in [-0.39, 0.29) is 5.69 Å². The van der Waals surface area contributed by atoms with Gasteiger partial charge in [0.2, 0.25) is 5.91 Å². The number of nitro benzene ring substituents is 1. The second kappa shape index (κ2) is 7.12. The third-order valence-electron chi connectivity index (χ3n) is 3.22. The van der Waals surface area contributed by atoms with E-state index in [9.17, 15) is 19.7 Å². The summed E-state index contributed by atoms with van der Waals surface area (Å²) in [4.78, 5) is 37.7. The molecule has 0 saturated heterocycles. The normalized spacial score (nSPS) is 11.3. The summed E-state index contributed by atoms with van der Waals surface area (Å²) in [6.07, 6.45) is 2.91. The summed E-state index contributed by atoms with van der Waals surface area (Å²) in [6, 6.07) is 8.84. The highest BCUT2D eigenvalue weighted by Gasteiger charge is 2.17. The second-order valence-electron chi connectivity index (χ2n) is 4.76. The molecule has 0 spiro atoms. The van der Waals surface area contributed by atoms with Gasteiger partial charge >= 0.3 is 0 Å². The number of carbonyl (C=O) groups excluding carboxylic acids is 2. The average Bonchev–Trinajstić information content (AvgIpc) is 2.59. The molecule has 1 aromatic carbocycles. The van der Waals surface area contributed by atoms with E-state index in [1.54, 1.807) is 19.1 Å². The van der Waals surface area contributed by atoms with Crippen LogP contribution in [0.1, 0.15) is 28.8 Å². The van der Waals surface area contributed by atoms with Crippen LogP contribution in [0, 0.1) is 10.1 Å². The molecule has 2 amide bonds. The fraction of sp³-hybridized carbons (Fsp3) is 0.133. The van der Waals surface area contributed by atoms with Gasteiger partial charge in [-0.15, -0.1) is 0 Å². The monoisotopic (exact) mass is 314 g/mol. The van der Waals surface area contributed by atoms with Crippen LogP contribution in [0.5, 0.6) is 0 Å². The van der Waals surface area contributed by atoms with Crippen LogP contribution in [0.4, 0.5) is 5.69 Å². The van der Waals surface area contributed by atoms with E-state index in [1.807, 2.05) is 0 Å². The zero-order chi connectivity index (χ0) is 16.8. The molecule has 23 heavy (non-hydrogen) atoms. The van der Waals surface area contributed by atoms with E-state index in [0.29, 0.717) is 11.1 Å². The van der Waals surface area contributed by atoms with E-state index in [2.05, 4.69) is 15.8 Å². The predicted molar refractivity (Wildman–Crippen MR) is 81.4 cm³/mol. The Morgan fingerprint density at radius 1 is 1.17 bits per heavy atom. The van der Waals surface area contributed by atoms with Gasteiger partial charge in [0.05, 0.1) is 16.4 Å². The fourth-order valence-electron chi connectivity index (χ4n) is 1.83. The largest absolute Gasteiger partial charge is 0.273 e. The van der Waals surface area contributed by atoms with Gasteiger partial charge in [0.1, 0.15) is 0 Å². The molecule has 0 aliphatic rings. The highest BCUT2D eigenvalue weighted by atomic mass is 16.6. The van der Waals surface area contributed by atoms with Crippen molar-refractivity contribution in [2.75, 3.05) is 0 Å². The summed E-state index contributed by atoms with van der Waals surface area (Å²) in [5.41, 5.74) is 5.48. The number of rotatable bonds is 4. The molecule has 2 N–H and O–H groups in total. The molecule has 2 rings (SSSR count). The molecule has 0 saturated carbocycles. The number of carbonyl (C=O) groups is 2. The first-order valence-corrected chi connectivity index (χ1v) is 6.73. The number of nitrogens with one attached hydrogen (secondary N) is 2. The number of benzene rings is 1. The lowest BCUT2D eigenvalue weighted by molar-refractivity contribution is -0.384. The van der Waals surface area contributed by atoms with Crippen LogP contribution >= 0.6 is 0 Å². The van der Waals surface area contributed by atoms with Crippen molar-refractivity contribution < 1.29 is 14.5 Å². The van der Waals surface area contributed by atoms with Gasteiger partial charge in [-0.05, 0) is 24.6 Å². The summed E-state index contributed by atoms with van der Waals surface area (Å²) in [5, 5.41) is 10.6. The second-order valence-corrected chi connectivity index (χ2v) is 4.76. The quantitative estimate of drug-likeness (QED) is 0.656. The maximum Gasteiger partial charge on any atom is 0.271 e. The number of nitrogens with zero attached hydrogens (tertiary/aromatic N) is 2. The first kappa shape index (κ1) is 16.1. The molecule has 8 nitrogen and oxygen atoms in total. The third-order valence-corrected chi connectivity index (χ3v) is 3.22. The number of non-ortho nitro benzene ring substituents is 1. The number of pyridine rings is 1. The number of hydrogen-bond acceptors (Lipinski definition) is 5. The lowest BCUT2D eigenvalue weighted by Gasteiger charge is -2.13. The molecule has 0 bridgehead atoms. The zero-order valence-corrected chi connectivity index (χ0v) is 12.2. The van der Waals surface area contributed by atoms with E-state index in [0.717, 1.165) is 0 Å². The minimum Gasteiger partial charge on any atom is -0.273 e. The number of aromatic nitrogens is 1. The fourth-order valence-corrected chi connectivity index (χ4v) is 1.83. The summed E-state index contributed by atoms with van der Waals surface area (Å²) < 4.78 is 0. The molecule has 8 heteroatoms. The van der Waals surface area contributed by atoms with Gasteiger partial charge in [-0.3, -0.25) is 35.5 Å². The first-order chi connectivity index (χ1) is 11.0. The van der Waals surface area contributed by atoms with E-state index < -0.39 is 22.7 Å². The predicted octanol–water partition coefficient (Wildman–Crippen LogP) is 1.55. The maximum atomic E-state index is 12.0. The molecule has 0 radical (unpaired) electrons. The van der Waals surface area contributed by atoms with Crippen LogP contribution in [0.15, 0.2) is 48.8 Å². The van der Waals surface area contributed by atoms with Gasteiger partial charge in [-0.2, -0.15) is 0 Å². The Hall–Kier alpha value is -3.29. The van der Waals surface area contributed by atoms with Crippen molar-refractivity contribution in [3.8, 4) is 0 Å². The van der Waals surface area contributed by atoms with Crippen molar-refractivity contribution >= 4 is 17.5 Å². The SMILES string of the molecule is C[C@H](C(=O)NNC(=O)c1cccnc1)c1ccc([N+](=O)[O-])cc1. The minimum atomic E-state index is -0.579. The maximum absolute atomic E-state index is 12.0. The lowest BCUT2D eigenvalue weighted by atomic mass is 10.0. The molecular formula is C15H14N4O4. The molecule has 118 valence electrons. The van der Waals surface area contributed by atoms with Gasteiger partial charge in [-0.25, -0.2) is 0 Å². The summed E-state index contributed by atoms with van der Waals surface area (Å²) in [6.45, 7) is 1.63. The summed E-state index contributed by atoms with van der Waals surface area (Å²) in [7, 11) is 0. The Bertz CT molecular complexity index is 716. The van der Waals surface area contributed by atoms with Crippen LogP contribution < -0.4 is 10.9 Å². The average molecular weight is 314 g/mol. The zero-order valence-electron chi connectivity index (χ0n) is 12.2. The van der Waals surface area contributed by atoms with Crippen LogP contribution in [0.25, 0.3) is 0 Å². The molecule has 1 aromatic heterocycles. The van der Waals surface area contributed by atoms with Crippen molar-refractivity contribution in [3.63, 3.8) is 0 Å². The molecule has 0 aliphatic carbocycles. The van der Waals surface area contributed by atoms with E-state index >= 15 is 0 Å². The Morgan fingerprint density at radius 3 is 2.43 bits per heavy atom. The summed E-state index contributed by atoms with van der Waals surface area (Å²) in [5.74, 6) is -1.50. The Kier molecular flexibility index (Phi) is 4.98. The molecular weight excluding hydrogens is 300 g/mol. The van der Waals surface area contributed by atoms with Gasteiger partial charge in [0.15, 0.2) is 0 Å². The summed E-state index contributed by atoms with van der Waals surface area (Å²) >= 11 is 0. The molecule has 1 atom stereocenters. The Labute approximate surface area is 131 Å². The lowest BCUT2D eigenvalue weighted by Crippen LogP contribution is -2.43. The third kappa shape index (κ3) is 4.10. The van der Waals surface area contributed by atoms with E-state index in [4.69, 9.17) is 0 Å². The molecule has 0 unspecified atom stereocenters. The van der Waals surface area contributed by atoms with Gasteiger partial charge in [0.25, 0.3) is 11.6 Å². The minimum absolute atomic E-state index is 0.0498. The van der Waals surface area contributed by atoms with Crippen molar-refractivity contribution in [3.05, 3.63) is 70.0 Å². The molecule has 0 aliphatic heterocycles. The van der Waals surface area contributed by atoms with Gasteiger partial charge < -0.3 is 0 Å². The number of nitro groups is 1. The smallest absolute Gasteiger partial charge is 0.271 e. The number of amides is 2. The topological polar surface area (TPSA) is 114 Å². The Morgan fingerprint density at radius 2 is 1.87 bits per heavy atom. The molecule has 1 heterocycles. The molecule has 0 fully saturated rings. The highest BCUT2D eigenvalue weighted by molar-refractivity contribution is 5.95. The van der Waals surface area contributed by atoms with Gasteiger partial charge in [-0.1, -0.05) is 12.1 Å². The van der Waals surface area contributed by atoms with Crippen molar-refractivity contribution in [1.29, 1.82) is 0 Å². The van der Waals surface area contributed by atoms with Crippen LogP contribution in [-0.2, 0) is 4.79 Å². The van der Waals surface area contributed by atoms with Crippen LogP contribution in [0.2, 0.25) is 0 Å². The number of hydrazine groups is 1. The Balaban J connectivity index is 1.95. The van der Waals surface area contributed by atoms with Crippen molar-refractivity contribution in [2.45, 2.75) is 12.8 Å². The van der Waals surface area contributed by atoms with Crippen LogP contribution in [0.3, 0.4) is 0 Å². The number of hydrogen-bond donors (Lipinski definition) is 2. The van der Waals surface area contributed by atoms with E-state index in [1.165, 1.54) is 36.7 Å². The standard InChI is InChI=1S/C15H14N4O4/c1-10(11-4-6-13(7-5-11)19(22)23)14(20)17-18-15(21)12-3-2-8-16-9-12/h2-10H,1H3,(H,17,20)(H,18,21)/t10-/m0/s1. The molecule has 2 aromatic rings. The van der Waals surface area contributed by atoms with Crippen molar-refractivity contribution in [2.24, 2.45) is 0 Å². The van der Waals surface area contributed by atoms with Crippen molar-refractivity contribution in [1.82, 2.24) is 15.8 Å². The first-order valence-electron chi connectivity index (χ1n) is 6.73. The highest BCUT2D eigenvalue weighted by Crippen LogP contribution is 2.19. The van der Waals surface area contributed by atoms with Crippen LogP contribution in [-0.4, -0.2) is 21.7 Å². The van der Waals surface area contributed by atoms with Gasteiger partial charge in [0, 0.05) is 24.5 Å².